The minimum atomic E-state index is -1.57. The molecule has 0 saturated heterocycles. The fourth-order valence-electron chi connectivity index (χ4n) is 2.30. The van der Waals surface area contributed by atoms with Gasteiger partial charge in [0.05, 0.1) is 12.1 Å². The molecule has 0 aromatic heterocycles. The van der Waals surface area contributed by atoms with E-state index >= 15 is 0 Å². The van der Waals surface area contributed by atoms with Gasteiger partial charge in [0.25, 0.3) is 0 Å². The molecule has 0 aliphatic carbocycles. The third-order valence-electron chi connectivity index (χ3n) is 4.11. The van der Waals surface area contributed by atoms with Gasteiger partial charge in [-0.3, -0.25) is 19.2 Å². The Hall–Kier alpha value is -2.38. The van der Waals surface area contributed by atoms with Crippen LogP contribution in [0.2, 0.25) is 0 Å². The Kier molecular flexibility index (Phi) is 12.0. The number of hydrogen-bond donors (Lipinski definition) is 8. The van der Waals surface area contributed by atoms with Gasteiger partial charge in [-0.25, -0.2) is 4.79 Å². The highest BCUT2D eigenvalue weighted by molar-refractivity contribution is 7.80. The molecule has 0 heterocycles. The molecule has 30 heavy (non-hydrogen) atoms. The maximum absolute atomic E-state index is 12.5. The number of aliphatic hydroxyl groups excluding tert-OH is 1. The van der Waals surface area contributed by atoms with Crippen LogP contribution < -0.4 is 21.7 Å². The van der Waals surface area contributed by atoms with Crippen molar-refractivity contribution in [3.8, 4) is 0 Å². The maximum Gasteiger partial charge on any atom is 0.328 e. The Bertz CT molecular complexity index is 643. The van der Waals surface area contributed by atoms with Gasteiger partial charge in [-0.05, 0) is 19.3 Å². The highest BCUT2D eigenvalue weighted by Crippen LogP contribution is 2.05. The van der Waals surface area contributed by atoms with Gasteiger partial charge in [0.2, 0.25) is 17.7 Å². The number of thiol groups is 1. The predicted octanol–water partition coefficient (Wildman–Crippen LogP) is -2.32. The van der Waals surface area contributed by atoms with E-state index in [0.717, 1.165) is 0 Å². The van der Waals surface area contributed by atoms with E-state index in [1.165, 1.54) is 6.92 Å². The molecule has 0 aromatic rings. The summed E-state index contributed by atoms with van der Waals surface area (Å²) in [6, 6.07) is -5.04. The summed E-state index contributed by atoms with van der Waals surface area (Å²) in [6.45, 7) is 4.42. The van der Waals surface area contributed by atoms with Crippen LogP contribution in [-0.4, -0.2) is 81.0 Å². The zero-order valence-electron chi connectivity index (χ0n) is 17.0. The lowest BCUT2D eigenvalue weighted by atomic mass is 10.0. The summed E-state index contributed by atoms with van der Waals surface area (Å²) >= 11 is 4.00. The quantitative estimate of drug-likeness (QED) is 0.141. The van der Waals surface area contributed by atoms with Crippen LogP contribution >= 0.6 is 12.6 Å². The van der Waals surface area contributed by atoms with Gasteiger partial charge in [0.1, 0.15) is 12.1 Å². The molecule has 5 atom stereocenters. The number of rotatable bonds is 13. The fraction of sp³-hybridized carbons (Fsp3) is 0.706. The normalized spacial score (nSPS) is 16.0. The average molecular weight is 451 g/mol. The smallest absolute Gasteiger partial charge is 0.328 e. The van der Waals surface area contributed by atoms with Gasteiger partial charge in [-0.1, -0.05) is 13.8 Å². The fourth-order valence-corrected chi connectivity index (χ4v) is 2.56. The Morgan fingerprint density at radius 1 is 0.900 bits per heavy atom. The molecule has 13 heteroatoms. The zero-order valence-corrected chi connectivity index (χ0v) is 17.9. The van der Waals surface area contributed by atoms with Crippen LogP contribution in [0.3, 0.4) is 0 Å². The number of carboxylic acid groups (broad SMARTS) is 2. The van der Waals surface area contributed by atoms with Crippen LogP contribution in [0.1, 0.15) is 33.6 Å². The van der Waals surface area contributed by atoms with E-state index in [2.05, 4.69) is 28.6 Å². The van der Waals surface area contributed by atoms with Crippen molar-refractivity contribution in [3.63, 3.8) is 0 Å². The highest BCUT2D eigenvalue weighted by Gasteiger charge is 2.32. The summed E-state index contributed by atoms with van der Waals surface area (Å²) in [5.41, 5.74) is 5.60. The van der Waals surface area contributed by atoms with E-state index < -0.39 is 65.8 Å². The molecule has 5 unspecified atom stereocenters. The van der Waals surface area contributed by atoms with Gasteiger partial charge in [0.15, 0.2) is 6.04 Å². The van der Waals surface area contributed by atoms with Gasteiger partial charge >= 0.3 is 11.9 Å². The Morgan fingerprint density at radius 2 is 1.43 bits per heavy atom. The summed E-state index contributed by atoms with van der Waals surface area (Å²) in [4.78, 5) is 58.8. The van der Waals surface area contributed by atoms with Crippen molar-refractivity contribution in [2.45, 2.75) is 63.9 Å². The lowest BCUT2D eigenvalue weighted by molar-refractivity contribution is -0.145. The second-order valence-corrected chi connectivity index (χ2v) is 7.44. The maximum atomic E-state index is 12.5. The number of hydrogen-bond acceptors (Lipinski definition) is 8. The van der Waals surface area contributed by atoms with E-state index in [4.69, 9.17) is 15.9 Å². The molecule has 0 aliphatic heterocycles. The minimum absolute atomic E-state index is 0.130. The van der Waals surface area contributed by atoms with E-state index in [-0.39, 0.29) is 18.6 Å². The number of aliphatic carboxylic acids is 2. The van der Waals surface area contributed by atoms with Crippen molar-refractivity contribution in [2.24, 2.45) is 11.7 Å². The SMILES string of the molecule is CC(C)C(NC(=O)C(CS)NC(=O)C(N)CCC(=O)O)C(=O)NC(C(=O)O)C(C)O. The minimum Gasteiger partial charge on any atom is -0.481 e. The van der Waals surface area contributed by atoms with Crippen LogP contribution in [0.4, 0.5) is 0 Å². The van der Waals surface area contributed by atoms with Crippen molar-refractivity contribution in [3.05, 3.63) is 0 Å². The lowest BCUT2D eigenvalue weighted by Crippen LogP contribution is -2.60. The van der Waals surface area contributed by atoms with Crippen LogP contribution in [0.15, 0.2) is 0 Å². The molecule has 0 saturated carbocycles. The number of nitrogens with one attached hydrogen (secondary N) is 3. The van der Waals surface area contributed by atoms with Crippen molar-refractivity contribution in [1.82, 2.24) is 16.0 Å². The Balaban J connectivity index is 5.13. The first-order chi connectivity index (χ1) is 13.8. The van der Waals surface area contributed by atoms with Crippen molar-refractivity contribution in [1.29, 1.82) is 0 Å². The molecule has 12 nitrogen and oxygen atoms in total. The first kappa shape index (κ1) is 27.6. The summed E-state index contributed by atoms with van der Waals surface area (Å²) in [7, 11) is 0. The first-order valence-electron chi connectivity index (χ1n) is 9.22. The van der Waals surface area contributed by atoms with E-state index in [9.17, 15) is 29.1 Å². The standard InChI is InChI=1S/C17H30N4O8S/c1-7(2)12(16(27)21-13(8(3)22)17(28)29)20-15(26)10(6-30)19-14(25)9(18)4-5-11(23)24/h7-10,12-13,22,30H,4-6,18H2,1-3H3,(H,19,25)(H,20,26)(H,21,27)(H,23,24)(H,28,29). The molecule has 0 aromatic carbocycles. The summed E-state index contributed by atoms with van der Waals surface area (Å²) in [5, 5.41) is 34.1. The number of carboxylic acids is 2. The number of aliphatic hydroxyl groups is 1. The van der Waals surface area contributed by atoms with Gasteiger partial charge in [-0.2, -0.15) is 12.6 Å². The van der Waals surface area contributed by atoms with E-state index in [1.807, 2.05) is 0 Å². The third kappa shape index (κ3) is 9.41. The number of carbonyl (C=O) groups excluding carboxylic acids is 3. The molecule has 8 N–H and O–H groups in total. The molecule has 0 radical (unpaired) electrons. The second-order valence-electron chi connectivity index (χ2n) is 7.08. The number of carbonyl (C=O) groups is 5. The molecule has 0 rings (SSSR count). The monoisotopic (exact) mass is 450 g/mol. The molecule has 172 valence electrons. The summed E-state index contributed by atoms with van der Waals surface area (Å²) < 4.78 is 0. The third-order valence-corrected chi connectivity index (χ3v) is 4.48. The van der Waals surface area contributed by atoms with Gasteiger partial charge < -0.3 is 37.0 Å². The van der Waals surface area contributed by atoms with Crippen molar-refractivity contribution >= 4 is 42.3 Å². The predicted molar refractivity (Wildman–Crippen MR) is 109 cm³/mol. The van der Waals surface area contributed by atoms with Gasteiger partial charge in [0, 0.05) is 12.2 Å². The molecule has 3 amide bonds. The van der Waals surface area contributed by atoms with E-state index in [0.29, 0.717) is 0 Å². The van der Waals surface area contributed by atoms with Crippen LogP contribution in [0, 0.1) is 5.92 Å². The highest BCUT2D eigenvalue weighted by atomic mass is 32.1. The molecular formula is C17H30N4O8S. The number of amides is 3. The lowest BCUT2D eigenvalue weighted by Gasteiger charge is -2.27. The second kappa shape index (κ2) is 13.0. The van der Waals surface area contributed by atoms with Crippen LogP contribution in [0.5, 0.6) is 0 Å². The number of nitrogens with two attached hydrogens (primary N) is 1. The average Bonchev–Trinajstić information content (AvgIpc) is 2.64. The molecule has 0 bridgehead atoms. The molecule has 0 spiro atoms. The first-order valence-corrected chi connectivity index (χ1v) is 9.85. The summed E-state index contributed by atoms with van der Waals surface area (Å²) in [6.07, 6.45) is -1.82. The van der Waals surface area contributed by atoms with Crippen molar-refractivity contribution < 1.29 is 39.3 Å². The zero-order chi connectivity index (χ0) is 23.6. The van der Waals surface area contributed by atoms with Crippen LogP contribution in [0.25, 0.3) is 0 Å². The molecule has 0 aliphatic rings. The largest absolute Gasteiger partial charge is 0.481 e. The molecular weight excluding hydrogens is 420 g/mol. The topological polar surface area (TPSA) is 208 Å². The summed E-state index contributed by atoms with van der Waals surface area (Å²) in [5.74, 6) is -5.49. The van der Waals surface area contributed by atoms with Crippen LogP contribution in [-0.2, 0) is 24.0 Å². The Labute approximate surface area is 179 Å². The van der Waals surface area contributed by atoms with Gasteiger partial charge in [-0.15, -0.1) is 0 Å². The molecule has 0 fully saturated rings. The Morgan fingerprint density at radius 3 is 1.83 bits per heavy atom. The van der Waals surface area contributed by atoms with Crippen molar-refractivity contribution in [2.75, 3.05) is 5.75 Å². The van der Waals surface area contributed by atoms with E-state index in [1.54, 1.807) is 13.8 Å².